The lowest BCUT2D eigenvalue weighted by Gasteiger charge is -2.08. The van der Waals surface area contributed by atoms with Gasteiger partial charge in [0.05, 0.1) is 6.54 Å². The molecule has 0 aliphatic carbocycles. The summed E-state index contributed by atoms with van der Waals surface area (Å²) in [7, 11) is 0. The Hall–Kier alpha value is -2.73. The number of ketones is 1. The predicted molar refractivity (Wildman–Crippen MR) is 85.4 cm³/mol. The van der Waals surface area contributed by atoms with Gasteiger partial charge in [0.25, 0.3) is 0 Å². The third kappa shape index (κ3) is 3.73. The number of nitrogens with one attached hydrogen (secondary N) is 2. The fourth-order valence-electron chi connectivity index (χ4n) is 2.07. The van der Waals surface area contributed by atoms with Crippen LogP contribution in [0.1, 0.15) is 10.4 Å². The second-order valence-corrected chi connectivity index (χ2v) is 5.25. The molecule has 0 bridgehead atoms. The Morgan fingerprint density at radius 1 is 1.09 bits per heavy atom. The molecule has 0 saturated carbocycles. The number of Topliss-reactive ketones (excluding diaryl/α,β-unsaturated/α-hetero) is 1. The van der Waals surface area contributed by atoms with Gasteiger partial charge in [-0.25, -0.2) is 4.79 Å². The van der Waals surface area contributed by atoms with Gasteiger partial charge < -0.3 is 20.1 Å². The number of carbonyl (C=O) groups is 2. The van der Waals surface area contributed by atoms with E-state index < -0.39 is 6.03 Å². The summed E-state index contributed by atoms with van der Waals surface area (Å²) in [6.07, 6.45) is 0. The van der Waals surface area contributed by atoms with Gasteiger partial charge in [0.1, 0.15) is 0 Å². The van der Waals surface area contributed by atoms with Gasteiger partial charge in [-0.2, -0.15) is 0 Å². The van der Waals surface area contributed by atoms with Gasteiger partial charge in [-0.3, -0.25) is 4.79 Å². The van der Waals surface area contributed by atoms with Gasteiger partial charge in [0.15, 0.2) is 17.3 Å². The van der Waals surface area contributed by atoms with Crippen LogP contribution in [0.4, 0.5) is 10.5 Å². The summed E-state index contributed by atoms with van der Waals surface area (Å²) in [4.78, 5) is 23.8. The molecule has 0 atom stereocenters. The SMILES string of the molecule is O=C(NCC(=O)c1cccc(Cl)c1)Nc1ccc2c(c1)OCO2. The molecular weight excluding hydrogens is 320 g/mol. The van der Waals surface area contributed by atoms with E-state index in [1.54, 1.807) is 42.5 Å². The number of hydrogen-bond acceptors (Lipinski definition) is 4. The fourth-order valence-corrected chi connectivity index (χ4v) is 2.26. The fraction of sp³-hybridized carbons (Fsp3) is 0.125. The number of halogens is 1. The Morgan fingerprint density at radius 2 is 1.91 bits per heavy atom. The molecule has 118 valence electrons. The number of carbonyl (C=O) groups excluding carboxylic acids is 2. The highest BCUT2D eigenvalue weighted by atomic mass is 35.5. The van der Waals surface area contributed by atoms with Crippen molar-refractivity contribution in [3.63, 3.8) is 0 Å². The maximum atomic E-state index is 12.0. The zero-order chi connectivity index (χ0) is 16.2. The van der Waals surface area contributed by atoms with Crippen molar-refractivity contribution in [3.05, 3.63) is 53.1 Å². The number of hydrogen-bond donors (Lipinski definition) is 2. The van der Waals surface area contributed by atoms with Crippen LogP contribution in [0.15, 0.2) is 42.5 Å². The molecule has 2 amide bonds. The third-order valence-electron chi connectivity index (χ3n) is 3.19. The summed E-state index contributed by atoms with van der Waals surface area (Å²) in [5.74, 6) is 0.971. The monoisotopic (exact) mass is 332 g/mol. The maximum absolute atomic E-state index is 12.0. The second kappa shape index (κ2) is 6.58. The van der Waals surface area contributed by atoms with Crippen molar-refractivity contribution in [2.24, 2.45) is 0 Å². The van der Waals surface area contributed by atoms with Crippen molar-refractivity contribution in [2.45, 2.75) is 0 Å². The first-order valence-corrected chi connectivity index (χ1v) is 7.23. The van der Waals surface area contributed by atoms with Crippen LogP contribution in [0.5, 0.6) is 11.5 Å². The van der Waals surface area contributed by atoms with E-state index in [9.17, 15) is 9.59 Å². The van der Waals surface area contributed by atoms with Crippen molar-refractivity contribution in [1.29, 1.82) is 0 Å². The molecule has 0 fully saturated rings. The average molecular weight is 333 g/mol. The standard InChI is InChI=1S/C16H13ClN2O4/c17-11-3-1-2-10(6-11)13(20)8-18-16(21)19-12-4-5-14-15(7-12)23-9-22-14/h1-7H,8-9H2,(H2,18,19,21). The number of urea groups is 1. The predicted octanol–water partition coefficient (Wildman–Crippen LogP) is 3.07. The number of benzene rings is 2. The molecule has 1 heterocycles. The van der Waals surface area contributed by atoms with Gasteiger partial charge in [-0.05, 0) is 24.3 Å². The minimum atomic E-state index is -0.487. The zero-order valence-electron chi connectivity index (χ0n) is 12.0. The summed E-state index contributed by atoms with van der Waals surface area (Å²) in [6, 6.07) is 11.1. The molecule has 23 heavy (non-hydrogen) atoms. The van der Waals surface area contributed by atoms with E-state index in [1.807, 2.05) is 0 Å². The maximum Gasteiger partial charge on any atom is 0.319 e. The van der Waals surface area contributed by atoms with E-state index in [-0.39, 0.29) is 19.1 Å². The van der Waals surface area contributed by atoms with Crippen LogP contribution in [0.2, 0.25) is 5.02 Å². The van der Waals surface area contributed by atoms with E-state index in [1.165, 1.54) is 0 Å². The van der Waals surface area contributed by atoms with Gasteiger partial charge in [-0.1, -0.05) is 23.7 Å². The molecule has 0 unspecified atom stereocenters. The lowest BCUT2D eigenvalue weighted by molar-refractivity contribution is 0.0993. The normalized spacial score (nSPS) is 11.9. The summed E-state index contributed by atoms with van der Waals surface area (Å²) in [6.45, 7) is 0.0375. The summed E-state index contributed by atoms with van der Waals surface area (Å²) < 4.78 is 10.4. The number of fused-ring (bicyclic) bond motifs is 1. The molecule has 0 saturated heterocycles. The molecule has 6 nitrogen and oxygen atoms in total. The van der Waals surface area contributed by atoms with Crippen molar-refractivity contribution in [1.82, 2.24) is 5.32 Å². The number of anilines is 1. The van der Waals surface area contributed by atoms with E-state index in [0.717, 1.165) is 0 Å². The van der Waals surface area contributed by atoms with Crippen molar-refractivity contribution >= 4 is 29.1 Å². The quantitative estimate of drug-likeness (QED) is 0.844. The minimum Gasteiger partial charge on any atom is -0.454 e. The largest absolute Gasteiger partial charge is 0.454 e. The molecule has 2 N–H and O–H groups in total. The molecule has 0 spiro atoms. The Morgan fingerprint density at radius 3 is 2.74 bits per heavy atom. The molecule has 2 aromatic rings. The molecule has 0 radical (unpaired) electrons. The van der Waals surface area contributed by atoms with E-state index >= 15 is 0 Å². The van der Waals surface area contributed by atoms with Gasteiger partial charge in [0.2, 0.25) is 6.79 Å². The number of ether oxygens (including phenoxy) is 2. The zero-order valence-corrected chi connectivity index (χ0v) is 12.7. The first kappa shape index (κ1) is 15.2. The molecule has 3 rings (SSSR count). The first-order chi connectivity index (χ1) is 11.1. The Bertz CT molecular complexity index is 763. The van der Waals surface area contributed by atoms with Crippen LogP contribution in [0.25, 0.3) is 0 Å². The molecular formula is C16H13ClN2O4. The average Bonchev–Trinajstić information content (AvgIpc) is 3.00. The molecule has 1 aliphatic rings. The molecule has 7 heteroatoms. The minimum absolute atomic E-state index is 0.128. The van der Waals surface area contributed by atoms with Gasteiger partial charge in [-0.15, -0.1) is 0 Å². The van der Waals surface area contributed by atoms with E-state index in [4.69, 9.17) is 21.1 Å². The van der Waals surface area contributed by atoms with E-state index in [0.29, 0.717) is 27.8 Å². The summed E-state index contributed by atoms with van der Waals surface area (Å²) in [5, 5.41) is 5.60. The topological polar surface area (TPSA) is 76.7 Å². The number of amides is 2. The van der Waals surface area contributed by atoms with Gasteiger partial charge >= 0.3 is 6.03 Å². The van der Waals surface area contributed by atoms with Crippen molar-refractivity contribution in [3.8, 4) is 11.5 Å². The second-order valence-electron chi connectivity index (χ2n) is 4.81. The van der Waals surface area contributed by atoms with Gasteiger partial charge in [0, 0.05) is 22.3 Å². The van der Waals surface area contributed by atoms with Crippen LogP contribution in [-0.2, 0) is 0 Å². The Kier molecular flexibility index (Phi) is 4.34. The Balaban J connectivity index is 1.54. The lowest BCUT2D eigenvalue weighted by atomic mass is 10.1. The van der Waals surface area contributed by atoms with Crippen LogP contribution in [0, 0.1) is 0 Å². The molecule has 2 aromatic carbocycles. The summed E-state index contributed by atoms with van der Waals surface area (Å²) >= 11 is 5.83. The highest BCUT2D eigenvalue weighted by Gasteiger charge is 2.14. The van der Waals surface area contributed by atoms with Crippen LogP contribution < -0.4 is 20.1 Å². The smallest absolute Gasteiger partial charge is 0.319 e. The number of rotatable bonds is 4. The third-order valence-corrected chi connectivity index (χ3v) is 3.42. The van der Waals surface area contributed by atoms with Crippen LogP contribution in [-0.4, -0.2) is 25.2 Å². The van der Waals surface area contributed by atoms with Crippen LogP contribution >= 0.6 is 11.6 Å². The highest BCUT2D eigenvalue weighted by Crippen LogP contribution is 2.34. The highest BCUT2D eigenvalue weighted by molar-refractivity contribution is 6.31. The summed E-state index contributed by atoms with van der Waals surface area (Å²) in [5.41, 5.74) is 0.989. The Labute approximate surface area is 137 Å². The van der Waals surface area contributed by atoms with E-state index in [2.05, 4.69) is 10.6 Å². The first-order valence-electron chi connectivity index (χ1n) is 6.85. The van der Waals surface area contributed by atoms with Crippen LogP contribution in [0.3, 0.4) is 0 Å². The molecule has 0 aromatic heterocycles. The lowest BCUT2D eigenvalue weighted by Crippen LogP contribution is -2.33. The van der Waals surface area contributed by atoms with Crippen molar-refractivity contribution in [2.75, 3.05) is 18.7 Å². The van der Waals surface area contributed by atoms with Crippen molar-refractivity contribution < 1.29 is 19.1 Å². The molecule has 1 aliphatic heterocycles.